The number of hydrogen-bond donors (Lipinski definition) is 0. The van der Waals surface area contributed by atoms with Gasteiger partial charge in [-0.2, -0.15) is 15.2 Å². The number of ether oxygens (including phenoxy) is 2. The molecule has 0 N–H and O–H groups in total. The number of fused-ring (bicyclic) bond motifs is 2. The van der Waals surface area contributed by atoms with Crippen LogP contribution in [0.15, 0.2) is 36.4 Å². The van der Waals surface area contributed by atoms with Crippen molar-refractivity contribution in [2.45, 2.75) is 58.7 Å². The minimum Gasteiger partial charge on any atom is -0.467 e. The maximum Gasteiger partial charge on any atom is 0.410 e. The maximum absolute atomic E-state index is 12.9. The summed E-state index contributed by atoms with van der Waals surface area (Å²) in [6.45, 7) is 10.7. The molecule has 2 aliphatic heterocycles. The van der Waals surface area contributed by atoms with Crippen molar-refractivity contribution >= 4 is 28.4 Å². The number of nitrogens with zero attached hydrogens (tertiary/aromatic N) is 6. The Hall–Kier alpha value is -4.06. The van der Waals surface area contributed by atoms with Crippen LogP contribution < -0.4 is 14.5 Å². The Morgan fingerprint density at radius 1 is 1.13 bits per heavy atom. The average molecular weight is 529 g/mol. The van der Waals surface area contributed by atoms with Gasteiger partial charge in [0.25, 0.3) is 0 Å². The van der Waals surface area contributed by atoms with Gasteiger partial charge in [0, 0.05) is 42.8 Å². The number of amides is 1. The predicted molar refractivity (Wildman–Crippen MR) is 151 cm³/mol. The highest BCUT2D eigenvalue weighted by Gasteiger charge is 2.35. The molecule has 2 aromatic carbocycles. The van der Waals surface area contributed by atoms with Crippen molar-refractivity contribution in [1.82, 2.24) is 14.9 Å². The van der Waals surface area contributed by atoms with E-state index in [0.717, 1.165) is 30.0 Å². The molecule has 1 atom stereocenters. The highest BCUT2D eigenvalue weighted by atomic mass is 16.6. The first-order valence-corrected chi connectivity index (χ1v) is 13.5. The molecule has 5 rings (SSSR count). The molecule has 3 heterocycles. The van der Waals surface area contributed by atoms with Crippen LogP contribution in [0.2, 0.25) is 0 Å². The summed E-state index contributed by atoms with van der Waals surface area (Å²) < 4.78 is 11.1. The van der Waals surface area contributed by atoms with Gasteiger partial charge in [0.05, 0.1) is 37.9 Å². The van der Waals surface area contributed by atoms with E-state index in [-0.39, 0.29) is 18.6 Å². The van der Waals surface area contributed by atoms with E-state index in [9.17, 15) is 10.1 Å². The second-order valence-corrected chi connectivity index (χ2v) is 11.3. The zero-order valence-corrected chi connectivity index (χ0v) is 23.4. The number of hydrogen-bond acceptors (Lipinski definition) is 8. The van der Waals surface area contributed by atoms with Crippen molar-refractivity contribution in [2.24, 2.45) is 0 Å². The number of anilines is 2. The van der Waals surface area contributed by atoms with Gasteiger partial charge < -0.3 is 24.2 Å². The van der Waals surface area contributed by atoms with Gasteiger partial charge in [-0.25, -0.2) is 4.79 Å². The molecule has 2 aliphatic rings. The molecule has 1 unspecified atom stereocenters. The first-order valence-electron chi connectivity index (χ1n) is 13.5. The third kappa shape index (κ3) is 5.56. The molecule has 9 heteroatoms. The smallest absolute Gasteiger partial charge is 0.410 e. The molecule has 1 amide bonds. The molecule has 9 nitrogen and oxygen atoms in total. The van der Waals surface area contributed by atoms with Gasteiger partial charge in [0.15, 0.2) is 0 Å². The van der Waals surface area contributed by atoms with Crippen LogP contribution in [0.3, 0.4) is 0 Å². The van der Waals surface area contributed by atoms with Crippen molar-refractivity contribution in [3.8, 4) is 12.1 Å². The minimum absolute atomic E-state index is 0.217. The third-order valence-corrected chi connectivity index (χ3v) is 7.30. The van der Waals surface area contributed by atoms with E-state index in [1.54, 1.807) is 12.0 Å². The molecule has 1 saturated heterocycles. The Kier molecular flexibility index (Phi) is 7.21. The lowest BCUT2D eigenvalue weighted by Gasteiger charge is -2.42. The van der Waals surface area contributed by atoms with Gasteiger partial charge in [0.2, 0.25) is 0 Å². The van der Waals surface area contributed by atoms with Crippen LogP contribution in [0, 0.1) is 18.3 Å². The van der Waals surface area contributed by atoms with E-state index >= 15 is 0 Å². The van der Waals surface area contributed by atoms with E-state index in [1.165, 1.54) is 22.0 Å². The summed E-state index contributed by atoms with van der Waals surface area (Å²) in [6, 6.07) is 15.3. The van der Waals surface area contributed by atoms with E-state index in [2.05, 4.69) is 59.2 Å². The third-order valence-electron chi connectivity index (χ3n) is 7.30. The molecule has 0 spiro atoms. The van der Waals surface area contributed by atoms with Gasteiger partial charge in [-0.05, 0) is 51.6 Å². The van der Waals surface area contributed by atoms with Crippen LogP contribution in [-0.2, 0) is 17.7 Å². The Morgan fingerprint density at radius 3 is 2.69 bits per heavy atom. The fourth-order valence-electron chi connectivity index (χ4n) is 5.48. The highest BCUT2D eigenvalue weighted by Crippen LogP contribution is 2.35. The van der Waals surface area contributed by atoms with Crippen LogP contribution in [0.5, 0.6) is 6.01 Å². The van der Waals surface area contributed by atoms with Crippen LogP contribution in [0.4, 0.5) is 16.3 Å². The predicted octanol–water partition coefficient (Wildman–Crippen LogP) is 4.85. The number of methoxy groups -OCH3 is 1. The average Bonchev–Trinajstić information content (AvgIpc) is 2.90. The Morgan fingerprint density at radius 2 is 1.95 bits per heavy atom. The summed E-state index contributed by atoms with van der Waals surface area (Å²) >= 11 is 0. The topological polar surface area (TPSA) is 94.8 Å². The second-order valence-electron chi connectivity index (χ2n) is 11.3. The Bertz CT molecular complexity index is 1430. The minimum atomic E-state index is -0.598. The summed E-state index contributed by atoms with van der Waals surface area (Å²) in [5, 5.41) is 12.0. The lowest BCUT2D eigenvalue weighted by atomic mass is 10.0. The fraction of sp³-hybridized carbons (Fsp3) is 0.467. The Labute approximate surface area is 229 Å². The number of carbonyl (C=O) groups is 1. The zero-order chi connectivity index (χ0) is 27.7. The quantitative estimate of drug-likeness (QED) is 0.474. The molecule has 0 radical (unpaired) electrons. The lowest BCUT2D eigenvalue weighted by Crippen LogP contribution is -2.56. The molecule has 0 bridgehead atoms. The molecule has 39 heavy (non-hydrogen) atoms. The summed E-state index contributed by atoms with van der Waals surface area (Å²) in [5.74, 6) is 0.831. The number of aromatic nitrogens is 2. The molecule has 0 saturated carbocycles. The number of nitriles is 1. The van der Waals surface area contributed by atoms with Gasteiger partial charge in [0.1, 0.15) is 11.4 Å². The van der Waals surface area contributed by atoms with Crippen LogP contribution in [0.1, 0.15) is 44.0 Å². The van der Waals surface area contributed by atoms with E-state index in [0.29, 0.717) is 32.2 Å². The van der Waals surface area contributed by atoms with Crippen LogP contribution in [0.25, 0.3) is 10.8 Å². The summed E-state index contributed by atoms with van der Waals surface area (Å²) in [5.41, 5.74) is 3.88. The number of carbonyl (C=O) groups excluding carboxylic acids is 1. The van der Waals surface area contributed by atoms with Crippen LogP contribution in [-0.4, -0.2) is 65.9 Å². The van der Waals surface area contributed by atoms with Crippen molar-refractivity contribution in [3.63, 3.8) is 0 Å². The van der Waals surface area contributed by atoms with Crippen molar-refractivity contribution < 1.29 is 14.3 Å². The standard InChI is InChI=1S/C30H36N6O3/c1-20-9-10-21-7-6-8-26(24(21)17-20)34-14-12-23-25(19-34)32-28(38-5)33-27(23)35-15-16-36(22(18-35)11-13-31)29(37)39-30(2,3)4/h6-10,17,22H,11-12,14-16,18-19H2,1-5H3. The van der Waals surface area contributed by atoms with E-state index in [4.69, 9.17) is 19.4 Å². The van der Waals surface area contributed by atoms with Crippen LogP contribution >= 0.6 is 0 Å². The van der Waals surface area contributed by atoms with Crippen molar-refractivity contribution in [2.75, 3.05) is 43.1 Å². The number of benzene rings is 2. The van der Waals surface area contributed by atoms with Gasteiger partial charge in [-0.1, -0.05) is 29.8 Å². The monoisotopic (exact) mass is 528 g/mol. The molecule has 204 valence electrons. The fourth-order valence-corrected chi connectivity index (χ4v) is 5.48. The molecular weight excluding hydrogens is 492 g/mol. The lowest BCUT2D eigenvalue weighted by molar-refractivity contribution is 0.0144. The first-order chi connectivity index (χ1) is 18.7. The number of piperazine rings is 1. The SMILES string of the molecule is COc1nc2c(c(N3CCN(C(=O)OC(C)(C)C)C(CC#N)C3)n1)CCN(c1cccc3ccc(C)cc13)C2. The van der Waals surface area contributed by atoms with E-state index in [1.807, 2.05) is 20.8 Å². The molecule has 0 aliphatic carbocycles. The molecule has 3 aromatic rings. The first kappa shape index (κ1) is 26.5. The number of aryl methyl sites for hydroxylation is 1. The molecule has 1 aromatic heterocycles. The number of rotatable bonds is 4. The van der Waals surface area contributed by atoms with Gasteiger partial charge in [-0.15, -0.1) is 0 Å². The van der Waals surface area contributed by atoms with Crippen molar-refractivity contribution in [1.29, 1.82) is 5.26 Å². The molecule has 1 fully saturated rings. The van der Waals surface area contributed by atoms with E-state index < -0.39 is 5.60 Å². The molecular formula is C30H36N6O3. The summed E-state index contributed by atoms with van der Waals surface area (Å²) in [4.78, 5) is 28.6. The zero-order valence-electron chi connectivity index (χ0n) is 23.4. The normalized spacial score (nSPS) is 17.5. The maximum atomic E-state index is 12.9. The largest absolute Gasteiger partial charge is 0.467 e. The summed E-state index contributed by atoms with van der Waals surface area (Å²) in [6.07, 6.45) is 0.617. The van der Waals surface area contributed by atoms with Gasteiger partial charge in [-0.3, -0.25) is 0 Å². The Balaban J connectivity index is 1.43. The highest BCUT2D eigenvalue weighted by molar-refractivity contribution is 5.95. The summed E-state index contributed by atoms with van der Waals surface area (Å²) in [7, 11) is 1.58. The van der Waals surface area contributed by atoms with Gasteiger partial charge >= 0.3 is 12.1 Å². The van der Waals surface area contributed by atoms with Crippen molar-refractivity contribution in [3.05, 3.63) is 53.2 Å². The second kappa shape index (κ2) is 10.6.